The Bertz CT molecular complexity index is 975. The second-order valence-corrected chi connectivity index (χ2v) is 10.7. The van der Waals surface area contributed by atoms with Gasteiger partial charge in [0.15, 0.2) is 0 Å². The maximum absolute atomic E-state index is 12.9. The molecule has 7 nitrogen and oxygen atoms in total. The minimum absolute atomic E-state index is 0. The Morgan fingerprint density at radius 2 is 1.41 bits per heavy atom. The lowest BCUT2D eigenvalue weighted by molar-refractivity contribution is 0.209. The maximum atomic E-state index is 12.9. The van der Waals surface area contributed by atoms with Crippen LogP contribution in [-0.4, -0.2) is 74.0 Å². The lowest BCUT2D eigenvalue weighted by atomic mass is 10.1. The second-order valence-electron chi connectivity index (χ2n) is 8.79. The van der Waals surface area contributed by atoms with E-state index in [2.05, 4.69) is 40.8 Å². The smallest absolute Gasteiger partial charge is 0.243 e. The third kappa shape index (κ3) is 6.97. The number of nitrogens with two attached hydrogens (primary N) is 1. The molecule has 2 aliphatic heterocycles. The van der Waals surface area contributed by atoms with Crippen molar-refractivity contribution in [1.82, 2.24) is 14.2 Å². The van der Waals surface area contributed by atoms with Crippen LogP contribution < -0.4 is 10.6 Å². The fraction of sp³-hybridized carbons (Fsp3) is 0.522. The molecule has 1 aromatic heterocycles. The average Bonchev–Trinajstić information content (AvgIpc) is 2.80. The van der Waals surface area contributed by atoms with E-state index in [1.807, 2.05) is 18.3 Å². The number of anilines is 1. The van der Waals surface area contributed by atoms with Crippen molar-refractivity contribution in [2.45, 2.75) is 43.7 Å². The zero-order valence-corrected chi connectivity index (χ0v) is 22.9. The summed E-state index contributed by atoms with van der Waals surface area (Å²) in [7, 11) is -3.46. The number of rotatable bonds is 5. The number of hydrogen-bond acceptors (Lipinski definition) is 6. The minimum atomic E-state index is -3.46. The van der Waals surface area contributed by atoms with Gasteiger partial charge in [-0.05, 0) is 56.5 Å². The summed E-state index contributed by atoms with van der Waals surface area (Å²) in [5, 5.41) is 0. The Morgan fingerprint density at radius 1 is 0.853 bits per heavy atom. The summed E-state index contributed by atoms with van der Waals surface area (Å²) >= 11 is 0. The van der Waals surface area contributed by atoms with Gasteiger partial charge in [0.2, 0.25) is 10.0 Å². The minimum Gasteiger partial charge on any atom is -0.354 e. The standard InChI is InChI=1S/C23H33N5O2S.3ClH/c1-18(2)26-13-15-27(16-14-26)23-8-5-20(17-25-23)19-3-6-22(7-4-19)31(29,30)28-11-9-21(24)10-12-28;;;/h3-8,17-18,21H,9-16,24H2,1-2H3;3*1H. The van der Waals surface area contributed by atoms with Crippen molar-refractivity contribution in [3.05, 3.63) is 42.6 Å². The van der Waals surface area contributed by atoms with Gasteiger partial charge in [0.05, 0.1) is 4.90 Å². The Balaban J connectivity index is 0.00000193. The molecule has 0 aliphatic carbocycles. The zero-order chi connectivity index (χ0) is 22.0. The van der Waals surface area contributed by atoms with Gasteiger partial charge in [-0.2, -0.15) is 4.31 Å². The van der Waals surface area contributed by atoms with Gasteiger partial charge in [-0.15, -0.1) is 37.2 Å². The van der Waals surface area contributed by atoms with E-state index in [4.69, 9.17) is 5.73 Å². The highest BCUT2D eigenvalue weighted by Gasteiger charge is 2.28. The number of aromatic nitrogens is 1. The molecule has 0 radical (unpaired) electrons. The van der Waals surface area contributed by atoms with Crippen LogP contribution in [0.4, 0.5) is 5.82 Å². The molecule has 0 atom stereocenters. The summed E-state index contributed by atoms with van der Waals surface area (Å²) in [5.74, 6) is 0.995. The Hall–Kier alpha value is -1.13. The Kier molecular flexibility index (Phi) is 12.0. The molecule has 2 fully saturated rings. The highest BCUT2D eigenvalue weighted by molar-refractivity contribution is 7.89. The first-order valence-electron chi connectivity index (χ1n) is 11.2. The summed E-state index contributed by atoms with van der Waals surface area (Å²) in [6, 6.07) is 11.9. The molecule has 3 heterocycles. The SMILES string of the molecule is CC(C)N1CCN(c2ccc(-c3ccc(S(=O)(=O)N4CCC(N)CC4)cc3)cn2)CC1.Cl.Cl.Cl. The van der Waals surface area contributed by atoms with Crippen molar-refractivity contribution >= 4 is 53.1 Å². The van der Waals surface area contributed by atoms with Gasteiger partial charge >= 0.3 is 0 Å². The van der Waals surface area contributed by atoms with E-state index >= 15 is 0 Å². The van der Waals surface area contributed by atoms with Gasteiger partial charge < -0.3 is 10.6 Å². The van der Waals surface area contributed by atoms with E-state index < -0.39 is 10.0 Å². The van der Waals surface area contributed by atoms with E-state index in [0.717, 1.165) is 43.1 Å². The van der Waals surface area contributed by atoms with Crippen LogP contribution in [0.15, 0.2) is 47.5 Å². The van der Waals surface area contributed by atoms with Crippen molar-refractivity contribution < 1.29 is 8.42 Å². The molecule has 192 valence electrons. The summed E-state index contributed by atoms with van der Waals surface area (Å²) in [4.78, 5) is 9.81. The van der Waals surface area contributed by atoms with Gasteiger partial charge in [0.25, 0.3) is 0 Å². The molecule has 2 aliphatic rings. The quantitative estimate of drug-likeness (QED) is 0.610. The van der Waals surface area contributed by atoms with Crippen molar-refractivity contribution in [1.29, 1.82) is 0 Å². The average molecular weight is 553 g/mol. The predicted octanol–water partition coefficient (Wildman–Crippen LogP) is 3.66. The van der Waals surface area contributed by atoms with E-state index in [-0.39, 0.29) is 43.3 Å². The Labute approximate surface area is 222 Å². The zero-order valence-electron chi connectivity index (χ0n) is 19.7. The molecule has 11 heteroatoms. The van der Waals surface area contributed by atoms with Gasteiger partial charge in [0, 0.05) is 63.1 Å². The monoisotopic (exact) mass is 551 g/mol. The van der Waals surface area contributed by atoms with Crippen molar-refractivity contribution in [2.24, 2.45) is 5.73 Å². The number of piperazine rings is 1. The molecule has 2 saturated heterocycles. The van der Waals surface area contributed by atoms with Gasteiger partial charge in [-0.25, -0.2) is 13.4 Å². The van der Waals surface area contributed by atoms with Crippen molar-refractivity contribution in [2.75, 3.05) is 44.2 Å². The Morgan fingerprint density at radius 3 is 1.91 bits per heavy atom. The number of sulfonamides is 1. The number of benzene rings is 1. The molecule has 0 amide bonds. The number of pyridine rings is 1. The molecule has 0 unspecified atom stereocenters. The number of hydrogen-bond donors (Lipinski definition) is 1. The lowest BCUT2D eigenvalue weighted by Crippen LogP contribution is -2.49. The molecule has 2 N–H and O–H groups in total. The maximum Gasteiger partial charge on any atom is 0.243 e. The topological polar surface area (TPSA) is 82.8 Å². The molecular formula is C23H36Cl3N5O2S. The van der Waals surface area contributed by atoms with Crippen LogP contribution in [0.3, 0.4) is 0 Å². The van der Waals surface area contributed by atoms with Crippen molar-refractivity contribution in [3.63, 3.8) is 0 Å². The third-order valence-electron chi connectivity index (χ3n) is 6.44. The van der Waals surface area contributed by atoms with Crippen LogP contribution in [0.5, 0.6) is 0 Å². The van der Waals surface area contributed by atoms with E-state index in [1.165, 1.54) is 0 Å². The fourth-order valence-corrected chi connectivity index (χ4v) is 5.77. The number of piperidine rings is 1. The van der Waals surface area contributed by atoms with E-state index in [1.54, 1.807) is 16.4 Å². The summed E-state index contributed by atoms with van der Waals surface area (Å²) in [5.41, 5.74) is 7.85. The first-order chi connectivity index (χ1) is 14.8. The van der Waals surface area contributed by atoms with Crippen LogP contribution in [0.2, 0.25) is 0 Å². The van der Waals surface area contributed by atoms with Gasteiger partial charge in [-0.1, -0.05) is 12.1 Å². The molecule has 1 aromatic carbocycles. The number of halogens is 3. The third-order valence-corrected chi connectivity index (χ3v) is 8.35. The molecule has 4 rings (SSSR count). The first-order valence-corrected chi connectivity index (χ1v) is 12.6. The molecule has 0 bridgehead atoms. The largest absolute Gasteiger partial charge is 0.354 e. The van der Waals surface area contributed by atoms with Crippen LogP contribution >= 0.6 is 37.2 Å². The fourth-order valence-electron chi connectivity index (χ4n) is 4.30. The van der Waals surface area contributed by atoms with E-state index in [0.29, 0.717) is 36.9 Å². The molecule has 2 aromatic rings. The van der Waals surface area contributed by atoms with Crippen LogP contribution in [0.25, 0.3) is 11.1 Å². The number of nitrogens with zero attached hydrogens (tertiary/aromatic N) is 4. The second kappa shape index (κ2) is 13.3. The lowest BCUT2D eigenvalue weighted by Gasteiger charge is -2.37. The summed E-state index contributed by atoms with van der Waals surface area (Å²) in [6.45, 7) is 9.53. The molecule has 34 heavy (non-hydrogen) atoms. The van der Waals surface area contributed by atoms with Crippen LogP contribution in [0.1, 0.15) is 26.7 Å². The molecule has 0 spiro atoms. The van der Waals surface area contributed by atoms with Crippen LogP contribution in [0, 0.1) is 0 Å². The highest BCUT2D eigenvalue weighted by atomic mass is 35.5. The first kappa shape index (κ1) is 30.9. The van der Waals surface area contributed by atoms with E-state index in [9.17, 15) is 8.42 Å². The molecule has 0 saturated carbocycles. The highest BCUT2D eigenvalue weighted by Crippen LogP contribution is 2.25. The van der Waals surface area contributed by atoms with Crippen molar-refractivity contribution in [3.8, 4) is 11.1 Å². The summed E-state index contributed by atoms with van der Waals surface area (Å²) < 4.78 is 27.3. The molecular weight excluding hydrogens is 517 g/mol. The predicted molar refractivity (Wildman–Crippen MR) is 146 cm³/mol. The van der Waals surface area contributed by atoms with Gasteiger partial charge in [-0.3, -0.25) is 4.90 Å². The summed E-state index contributed by atoms with van der Waals surface area (Å²) in [6.07, 6.45) is 3.30. The van der Waals surface area contributed by atoms with Gasteiger partial charge in [0.1, 0.15) is 5.82 Å². The normalized spacial score (nSPS) is 18.1. The van der Waals surface area contributed by atoms with Crippen LogP contribution in [-0.2, 0) is 10.0 Å².